The lowest BCUT2D eigenvalue weighted by atomic mass is 9.89. The molecule has 2 atom stereocenters. The first-order valence-corrected chi connectivity index (χ1v) is 14.0. The summed E-state index contributed by atoms with van der Waals surface area (Å²) in [5.74, 6) is -0.0689. The van der Waals surface area contributed by atoms with Gasteiger partial charge in [-0.3, -0.25) is 14.5 Å². The van der Waals surface area contributed by atoms with Gasteiger partial charge in [-0.25, -0.2) is 9.69 Å². The Morgan fingerprint density at radius 1 is 0.905 bits per heavy atom. The molecule has 8 heteroatoms. The first-order chi connectivity index (χ1) is 20.5. The summed E-state index contributed by atoms with van der Waals surface area (Å²) < 4.78 is 5.49. The third kappa shape index (κ3) is 4.11. The minimum absolute atomic E-state index is 0.230. The van der Waals surface area contributed by atoms with E-state index in [4.69, 9.17) is 4.74 Å². The van der Waals surface area contributed by atoms with Crippen LogP contribution < -0.4 is 15.0 Å². The molecule has 208 valence electrons. The van der Waals surface area contributed by atoms with Gasteiger partial charge in [-0.15, -0.1) is 0 Å². The van der Waals surface area contributed by atoms with Gasteiger partial charge in [-0.05, 0) is 60.5 Å². The Balaban J connectivity index is 1.27. The topological polar surface area (TPSA) is 94.7 Å². The Morgan fingerprint density at radius 2 is 1.62 bits per heavy atom. The number of benzene rings is 4. The molecule has 1 fully saturated rings. The lowest BCUT2D eigenvalue weighted by molar-refractivity contribution is -0.120. The lowest BCUT2D eigenvalue weighted by Gasteiger charge is -2.36. The maximum atomic E-state index is 14.3. The highest BCUT2D eigenvalue weighted by Gasteiger charge is 2.53. The summed E-state index contributed by atoms with van der Waals surface area (Å²) in [5.41, 5.74) is 4.87. The fourth-order valence-electron chi connectivity index (χ4n) is 6.14. The van der Waals surface area contributed by atoms with Crippen LogP contribution in [0.25, 0.3) is 10.9 Å². The number of imide groups is 1. The minimum Gasteiger partial charge on any atom is -0.494 e. The third-order valence-corrected chi connectivity index (χ3v) is 7.98. The van der Waals surface area contributed by atoms with Gasteiger partial charge >= 0.3 is 6.03 Å². The number of hydrogen-bond donors (Lipinski definition) is 2. The number of aromatic amines is 1. The number of carbonyl (C=O) groups excluding carboxylic acids is 3. The van der Waals surface area contributed by atoms with Crippen LogP contribution in [0.5, 0.6) is 5.75 Å². The zero-order valence-electron chi connectivity index (χ0n) is 22.9. The molecule has 2 N–H and O–H groups in total. The Kier molecular flexibility index (Phi) is 6.23. The number of carbonyl (C=O) groups is 3. The van der Waals surface area contributed by atoms with Crippen molar-refractivity contribution in [2.24, 2.45) is 0 Å². The molecule has 2 aliphatic rings. The van der Waals surface area contributed by atoms with Gasteiger partial charge in [0.1, 0.15) is 17.8 Å². The van der Waals surface area contributed by atoms with Crippen LogP contribution in [0.4, 0.5) is 16.2 Å². The molecule has 1 saturated heterocycles. The van der Waals surface area contributed by atoms with Gasteiger partial charge in [0.15, 0.2) is 0 Å². The number of H-pyrrole nitrogens is 1. The number of nitrogens with zero attached hydrogens (tertiary/aromatic N) is 2. The molecule has 0 bridgehead atoms. The van der Waals surface area contributed by atoms with Crippen LogP contribution in [0.1, 0.15) is 40.1 Å². The number of aromatic nitrogens is 1. The Bertz CT molecular complexity index is 1830. The molecule has 42 heavy (non-hydrogen) atoms. The van der Waals surface area contributed by atoms with Crippen LogP contribution in [0, 0.1) is 0 Å². The SMILES string of the molecule is CCOc1ccc(NC(=O)c2ccccc2N2C(=O)[C@@H]3Cc4c([nH]c5ccccc45)[C@H](c4ccccc4)N3C2=O)cc1. The number of urea groups is 1. The van der Waals surface area contributed by atoms with E-state index in [-0.39, 0.29) is 17.2 Å². The second-order valence-corrected chi connectivity index (χ2v) is 10.4. The summed E-state index contributed by atoms with van der Waals surface area (Å²) in [6.45, 7) is 2.45. The third-order valence-electron chi connectivity index (χ3n) is 7.98. The zero-order valence-corrected chi connectivity index (χ0v) is 22.9. The lowest BCUT2D eigenvalue weighted by Crippen LogP contribution is -2.44. The maximum absolute atomic E-state index is 14.3. The van der Waals surface area contributed by atoms with Crippen LogP contribution in [0.2, 0.25) is 0 Å². The number of anilines is 2. The van der Waals surface area contributed by atoms with Gasteiger partial charge in [0.05, 0.1) is 17.9 Å². The number of amides is 4. The normalized spacial score (nSPS) is 17.7. The van der Waals surface area contributed by atoms with Gasteiger partial charge in [-0.1, -0.05) is 60.7 Å². The number of rotatable bonds is 6. The summed E-state index contributed by atoms with van der Waals surface area (Å²) in [4.78, 5) is 48.3. The predicted octanol–water partition coefficient (Wildman–Crippen LogP) is 6.30. The Labute approximate surface area is 242 Å². The minimum atomic E-state index is -0.711. The van der Waals surface area contributed by atoms with E-state index in [1.807, 2.05) is 61.5 Å². The molecule has 0 saturated carbocycles. The number of ether oxygens (including phenoxy) is 1. The van der Waals surface area contributed by atoms with Crippen LogP contribution in [-0.2, 0) is 11.2 Å². The molecule has 4 amide bonds. The van der Waals surface area contributed by atoms with E-state index in [1.54, 1.807) is 53.4 Å². The van der Waals surface area contributed by atoms with Crippen molar-refractivity contribution in [2.45, 2.75) is 25.4 Å². The molecule has 7 rings (SSSR count). The van der Waals surface area contributed by atoms with E-state index in [9.17, 15) is 14.4 Å². The number of hydrogen-bond acceptors (Lipinski definition) is 4. The second-order valence-electron chi connectivity index (χ2n) is 10.4. The van der Waals surface area contributed by atoms with Crippen LogP contribution in [-0.4, -0.2) is 40.4 Å². The van der Waals surface area contributed by atoms with Crippen molar-refractivity contribution in [3.8, 4) is 5.75 Å². The molecular weight excluding hydrogens is 528 g/mol. The Hall–Kier alpha value is -5.37. The van der Waals surface area contributed by atoms with Gasteiger partial charge < -0.3 is 15.0 Å². The maximum Gasteiger partial charge on any atom is 0.332 e. The van der Waals surface area contributed by atoms with Gasteiger partial charge in [-0.2, -0.15) is 0 Å². The highest BCUT2D eigenvalue weighted by molar-refractivity contribution is 6.24. The molecular formula is C34H28N4O4. The average Bonchev–Trinajstić information content (AvgIpc) is 3.51. The first kappa shape index (κ1) is 25.6. The van der Waals surface area contributed by atoms with Crippen molar-refractivity contribution >= 4 is 40.1 Å². The predicted molar refractivity (Wildman–Crippen MR) is 161 cm³/mol. The van der Waals surface area contributed by atoms with E-state index in [1.165, 1.54) is 4.90 Å². The number of nitrogens with one attached hydrogen (secondary N) is 2. The fourth-order valence-corrected chi connectivity index (χ4v) is 6.14. The van der Waals surface area contributed by atoms with Crippen molar-refractivity contribution < 1.29 is 19.1 Å². The van der Waals surface area contributed by atoms with Gasteiger partial charge in [0.25, 0.3) is 11.8 Å². The summed E-state index contributed by atoms with van der Waals surface area (Å²) in [5, 5.41) is 3.93. The first-order valence-electron chi connectivity index (χ1n) is 14.0. The van der Waals surface area contributed by atoms with Crippen LogP contribution in [0.15, 0.2) is 103 Å². The molecule has 0 unspecified atom stereocenters. The molecule has 0 spiro atoms. The van der Waals surface area contributed by atoms with Crippen molar-refractivity contribution in [1.29, 1.82) is 0 Å². The van der Waals surface area contributed by atoms with E-state index in [0.717, 1.165) is 27.7 Å². The molecule has 2 aliphatic heterocycles. The van der Waals surface area contributed by atoms with E-state index in [0.29, 0.717) is 24.5 Å². The molecule has 5 aromatic rings. The van der Waals surface area contributed by atoms with E-state index in [2.05, 4.69) is 10.3 Å². The van der Waals surface area contributed by atoms with Crippen molar-refractivity contribution in [1.82, 2.24) is 9.88 Å². The number of fused-ring (bicyclic) bond motifs is 4. The summed E-state index contributed by atoms with van der Waals surface area (Å²) in [7, 11) is 0. The summed E-state index contributed by atoms with van der Waals surface area (Å²) in [6, 6.07) is 29.9. The second kappa shape index (κ2) is 10.2. The summed E-state index contributed by atoms with van der Waals surface area (Å²) in [6.07, 6.45) is 0.379. The molecule has 8 nitrogen and oxygen atoms in total. The van der Waals surface area contributed by atoms with Crippen LogP contribution in [0.3, 0.4) is 0 Å². The Morgan fingerprint density at radius 3 is 2.40 bits per heavy atom. The zero-order chi connectivity index (χ0) is 28.8. The summed E-state index contributed by atoms with van der Waals surface area (Å²) >= 11 is 0. The molecule has 0 radical (unpaired) electrons. The molecule has 0 aliphatic carbocycles. The van der Waals surface area contributed by atoms with E-state index >= 15 is 0 Å². The average molecular weight is 557 g/mol. The molecule has 1 aromatic heterocycles. The highest BCUT2D eigenvalue weighted by atomic mass is 16.5. The molecule has 4 aromatic carbocycles. The fraction of sp³-hybridized carbons (Fsp3) is 0.147. The monoisotopic (exact) mass is 556 g/mol. The smallest absolute Gasteiger partial charge is 0.332 e. The van der Waals surface area contributed by atoms with Gasteiger partial charge in [0.2, 0.25) is 0 Å². The molecule has 3 heterocycles. The van der Waals surface area contributed by atoms with E-state index < -0.39 is 24.0 Å². The number of para-hydroxylation sites is 2. The van der Waals surface area contributed by atoms with Gasteiger partial charge in [0, 0.05) is 28.7 Å². The van der Waals surface area contributed by atoms with Crippen molar-refractivity contribution in [2.75, 3.05) is 16.8 Å². The van der Waals surface area contributed by atoms with Crippen LogP contribution >= 0.6 is 0 Å². The van der Waals surface area contributed by atoms with Crippen molar-refractivity contribution in [3.63, 3.8) is 0 Å². The highest BCUT2D eigenvalue weighted by Crippen LogP contribution is 2.45. The largest absolute Gasteiger partial charge is 0.494 e. The van der Waals surface area contributed by atoms with Crippen molar-refractivity contribution in [3.05, 3.63) is 126 Å². The quantitative estimate of drug-likeness (QED) is 0.240. The standard InChI is InChI=1S/C34H28N4O4/c1-2-42-23-18-16-22(17-19-23)35-32(39)25-13-7-9-15-28(25)38-33(40)29-20-26-24-12-6-8-14-27(24)36-30(26)31(37(29)34(38)41)21-10-4-3-5-11-21/h3-19,29,31,36H,2,20H2,1H3,(H,35,39)/t29-,31-/m0/s1.